The van der Waals surface area contributed by atoms with Crippen LogP contribution in [0.15, 0.2) is 24.4 Å². The number of hydrogen-bond acceptors (Lipinski definition) is 3. The van der Waals surface area contributed by atoms with Gasteiger partial charge in [0.1, 0.15) is 11.5 Å². The van der Waals surface area contributed by atoms with Crippen LogP contribution in [0.3, 0.4) is 0 Å². The highest BCUT2D eigenvalue weighted by atomic mass is 19.3. The summed E-state index contributed by atoms with van der Waals surface area (Å²) in [6.45, 7) is 1.70. The summed E-state index contributed by atoms with van der Waals surface area (Å²) in [5.41, 5.74) is 6.43. The molecule has 4 nitrogen and oxygen atoms in total. The van der Waals surface area contributed by atoms with Crippen molar-refractivity contribution in [3.8, 4) is 5.69 Å². The lowest BCUT2D eigenvalue weighted by Gasteiger charge is -2.03. The minimum absolute atomic E-state index is 0.241. The number of rotatable bonds is 2. The maximum atomic E-state index is 12.4. The number of pyridine rings is 1. The molecule has 2 rings (SSSR count). The Morgan fingerprint density at radius 2 is 2.12 bits per heavy atom. The van der Waals surface area contributed by atoms with Gasteiger partial charge in [0.25, 0.3) is 6.43 Å². The zero-order chi connectivity index (χ0) is 11.7. The highest BCUT2D eigenvalue weighted by molar-refractivity contribution is 5.38. The van der Waals surface area contributed by atoms with Gasteiger partial charge in [0.05, 0.1) is 11.9 Å². The molecule has 0 saturated carbocycles. The SMILES string of the molecule is Cc1cc(C(F)F)nn1-c1ccc(N)nc1. The van der Waals surface area contributed by atoms with Crippen LogP contribution in [0.2, 0.25) is 0 Å². The van der Waals surface area contributed by atoms with E-state index in [-0.39, 0.29) is 5.69 Å². The predicted octanol–water partition coefficient (Wildman–Crippen LogP) is 2.10. The third-order valence-corrected chi connectivity index (χ3v) is 2.15. The van der Waals surface area contributed by atoms with Crippen molar-refractivity contribution in [2.24, 2.45) is 0 Å². The Labute approximate surface area is 90.7 Å². The van der Waals surface area contributed by atoms with Gasteiger partial charge < -0.3 is 5.73 Å². The number of nitrogen functional groups attached to an aromatic ring is 1. The molecule has 2 N–H and O–H groups in total. The van der Waals surface area contributed by atoms with E-state index in [1.165, 1.54) is 16.9 Å². The normalized spacial score (nSPS) is 11.0. The summed E-state index contributed by atoms with van der Waals surface area (Å²) in [7, 11) is 0. The van der Waals surface area contributed by atoms with E-state index in [9.17, 15) is 8.78 Å². The van der Waals surface area contributed by atoms with Crippen molar-refractivity contribution in [2.75, 3.05) is 5.73 Å². The summed E-state index contributed by atoms with van der Waals surface area (Å²) < 4.78 is 26.3. The monoisotopic (exact) mass is 224 g/mol. The molecule has 0 amide bonds. The van der Waals surface area contributed by atoms with Gasteiger partial charge in [0.2, 0.25) is 0 Å². The maximum absolute atomic E-state index is 12.4. The van der Waals surface area contributed by atoms with Gasteiger partial charge in [-0.1, -0.05) is 0 Å². The second-order valence-electron chi connectivity index (χ2n) is 3.36. The molecule has 0 bridgehead atoms. The van der Waals surface area contributed by atoms with Crippen LogP contribution >= 0.6 is 0 Å². The van der Waals surface area contributed by atoms with E-state index in [1.54, 1.807) is 19.1 Å². The van der Waals surface area contributed by atoms with Crippen molar-refractivity contribution in [2.45, 2.75) is 13.3 Å². The van der Waals surface area contributed by atoms with E-state index in [1.807, 2.05) is 0 Å². The fourth-order valence-corrected chi connectivity index (χ4v) is 1.39. The molecule has 0 aliphatic carbocycles. The lowest BCUT2D eigenvalue weighted by atomic mass is 10.3. The fraction of sp³-hybridized carbons (Fsp3) is 0.200. The molecule has 0 unspecified atom stereocenters. The first kappa shape index (κ1) is 10.5. The summed E-state index contributed by atoms with van der Waals surface area (Å²) in [5.74, 6) is 0.377. The number of halogens is 2. The first-order valence-corrected chi connectivity index (χ1v) is 4.64. The molecule has 0 aromatic carbocycles. The van der Waals surface area contributed by atoms with Crippen LogP contribution in [0.4, 0.5) is 14.6 Å². The average molecular weight is 224 g/mol. The quantitative estimate of drug-likeness (QED) is 0.849. The Kier molecular flexibility index (Phi) is 2.55. The van der Waals surface area contributed by atoms with Gasteiger partial charge in [0, 0.05) is 5.69 Å². The molecule has 0 fully saturated rings. The molecule has 2 heterocycles. The van der Waals surface area contributed by atoms with Gasteiger partial charge >= 0.3 is 0 Å². The summed E-state index contributed by atoms with van der Waals surface area (Å²) >= 11 is 0. The highest BCUT2D eigenvalue weighted by Gasteiger charge is 2.14. The molecule has 0 aliphatic heterocycles. The number of aromatic nitrogens is 3. The summed E-state index contributed by atoms with van der Waals surface area (Å²) in [6, 6.07) is 4.62. The second kappa shape index (κ2) is 3.88. The highest BCUT2D eigenvalue weighted by Crippen LogP contribution is 2.20. The lowest BCUT2D eigenvalue weighted by Crippen LogP contribution is -2.01. The first-order valence-electron chi connectivity index (χ1n) is 4.64. The van der Waals surface area contributed by atoms with Crippen molar-refractivity contribution in [1.82, 2.24) is 14.8 Å². The molecule has 0 atom stereocenters. The van der Waals surface area contributed by atoms with Crippen LogP contribution in [-0.2, 0) is 0 Å². The van der Waals surface area contributed by atoms with Crippen molar-refractivity contribution < 1.29 is 8.78 Å². The van der Waals surface area contributed by atoms with Crippen LogP contribution in [0.25, 0.3) is 5.69 Å². The Morgan fingerprint density at radius 1 is 1.38 bits per heavy atom. The van der Waals surface area contributed by atoms with E-state index >= 15 is 0 Å². The minimum Gasteiger partial charge on any atom is -0.384 e. The van der Waals surface area contributed by atoms with Gasteiger partial charge in [-0.3, -0.25) is 0 Å². The third kappa shape index (κ3) is 1.86. The van der Waals surface area contributed by atoms with Gasteiger partial charge in [-0.2, -0.15) is 5.10 Å². The molecule has 0 aliphatic rings. The van der Waals surface area contributed by atoms with E-state index in [0.29, 0.717) is 17.2 Å². The predicted molar refractivity (Wildman–Crippen MR) is 55.5 cm³/mol. The summed E-state index contributed by atoms with van der Waals surface area (Å²) in [6.07, 6.45) is -1.08. The van der Waals surface area contributed by atoms with Gasteiger partial charge in [0.15, 0.2) is 0 Å². The summed E-state index contributed by atoms with van der Waals surface area (Å²) in [5, 5.41) is 3.80. The number of nitrogens with zero attached hydrogens (tertiary/aromatic N) is 3. The third-order valence-electron chi connectivity index (χ3n) is 2.15. The average Bonchev–Trinajstić information content (AvgIpc) is 2.62. The van der Waals surface area contributed by atoms with E-state index in [2.05, 4.69) is 10.1 Å². The number of nitrogens with two attached hydrogens (primary N) is 1. The number of aryl methyl sites for hydroxylation is 1. The standard InChI is InChI=1S/C10H10F2N4/c1-6-4-8(10(11)12)15-16(6)7-2-3-9(13)14-5-7/h2-5,10H,1H3,(H2,13,14). The molecule has 2 aromatic heterocycles. The molecular formula is C10H10F2N4. The van der Waals surface area contributed by atoms with Crippen LogP contribution in [0, 0.1) is 6.92 Å². The van der Waals surface area contributed by atoms with Crippen molar-refractivity contribution in [3.63, 3.8) is 0 Å². The maximum Gasteiger partial charge on any atom is 0.282 e. The topological polar surface area (TPSA) is 56.7 Å². The van der Waals surface area contributed by atoms with Crippen molar-refractivity contribution in [1.29, 1.82) is 0 Å². The molecule has 0 radical (unpaired) electrons. The Balaban J connectivity index is 2.44. The molecule has 0 spiro atoms. The molecule has 6 heteroatoms. The fourth-order valence-electron chi connectivity index (χ4n) is 1.39. The van der Waals surface area contributed by atoms with Crippen LogP contribution in [-0.4, -0.2) is 14.8 Å². The van der Waals surface area contributed by atoms with Crippen LogP contribution in [0.5, 0.6) is 0 Å². The number of hydrogen-bond donors (Lipinski definition) is 1. The second-order valence-corrected chi connectivity index (χ2v) is 3.36. The number of anilines is 1. The van der Waals surface area contributed by atoms with E-state index < -0.39 is 6.43 Å². The lowest BCUT2D eigenvalue weighted by molar-refractivity contribution is 0.145. The van der Waals surface area contributed by atoms with Crippen LogP contribution < -0.4 is 5.73 Å². The van der Waals surface area contributed by atoms with Crippen molar-refractivity contribution >= 4 is 5.82 Å². The number of alkyl halides is 2. The zero-order valence-electron chi connectivity index (χ0n) is 8.56. The smallest absolute Gasteiger partial charge is 0.282 e. The minimum atomic E-state index is -2.57. The molecule has 2 aromatic rings. The summed E-state index contributed by atoms with van der Waals surface area (Å²) in [4.78, 5) is 3.88. The largest absolute Gasteiger partial charge is 0.384 e. The first-order chi connectivity index (χ1) is 7.58. The van der Waals surface area contributed by atoms with E-state index in [0.717, 1.165) is 0 Å². The zero-order valence-corrected chi connectivity index (χ0v) is 8.56. The Bertz CT molecular complexity index is 490. The molecule has 16 heavy (non-hydrogen) atoms. The van der Waals surface area contributed by atoms with Gasteiger partial charge in [-0.25, -0.2) is 18.4 Å². The van der Waals surface area contributed by atoms with Gasteiger partial charge in [-0.15, -0.1) is 0 Å². The van der Waals surface area contributed by atoms with Gasteiger partial charge in [-0.05, 0) is 25.1 Å². The van der Waals surface area contributed by atoms with E-state index in [4.69, 9.17) is 5.73 Å². The molecule has 0 saturated heterocycles. The molecular weight excluding hydrogens is 214 g/mol. The Morgan fingerprint density at radius 3 is 2.62 bits per heavy atom. The van der Waals surface area contributed by atoms with Crippen LogP contribution in [0.1, 0.15) is 17.8 Å². The van der Waals surface area contributed by atoms with Crippen molar-refractivity contribution in [3.05, 3.63) is 35.8 Å². The molecule has 84 valence electrons. The Hall–Kier alpha value is -1.98.